The average Bonchev–Trinajstić information content (AvgIpc) is 3.17. The van der Waals surface area contributed by atoms with Gasteiger partial charge in [0.1, 0.15) is 11.5 Å². The number of aromatic nitrogens is 1. The normalized spacial score (nSPS) is 16.5. The summed E-state index contributed by atoms with van der Waals surface area (Å²) in [5.41, 5.74) is 5.38. The maximum absolute atomic E-state index is 6.08. The minimum Gasteiger partial charge on any atom is -0.457 e. The molecule has 31 heavy (non-hydrogen) atoms. The largest absolute Gasteiger partial charge is 0.457 e. The first-order valence-electron chi connectivity index (χ1n) is 11.0. The lowest BCUT2D eigenvalue weighted by Gasteiger charge is -2.31. The SMILES string of the molecule is Cc1ccccc1[C@H]1c2cccn2CCCN1Cc1cccc(Oc2ccccc2)c1. The summed E-state index contributed by atoms with van der Waals surface area (Å²) in [6.45, 7) is 5.24. The first kappa shape index (κ1) is 19.7. The summed E-state index contributed by atoms with van der Waals surface area (Å²) >= 11 is 0. The minimum absolute atomic E-state index is 0.248. The summed E-state index contributed by atoms with van der Waals surface area (Å²) in [7, 11) is 0. The van der Waals surface area contributed by atoms with Crippen LogP contribution in [-0.4, -0.2) is 16.0 Å². The Bertz CT molecular complexity index is 1150. The minimum atomic E-state index is 0.248. The number of hydrogen-bond acceptors (Lipinski definition) is 2. The first-order valence-corrected chi connectivity index (χ1v) is 11.0. The van der Waals surface area contributed by atoms with E-state index in [4.69, 9.17) is 4.74 Å². The van der Waals surface area contributed by atoms with E-state index in [2.05, 4.69) is 77.2 Å². The molecule has 1 aliphatic heterocycles. The summed E-state index contributed by atoms with van der Waals surface area (Å²) in [6.07, 6.45) is 3.36. The predicted molar refractivity (Wildman–Crippen MR) is 125 cm³/mol. The number of hydrogen-bond donors (Lipinski definition) is 0. The van der Waals surface area contributed by atoms with Gasteiger partial charge in [-0.2, -0.15) is 0 Å². The summed E-state index contributed by atoms with van der Waals surface area (Å²) < 4.78 is 8.51. The highest BCUT2D eigenvalue weighted by molar-refractivity contribution is 5.37. The number of rotatable bonds is 5. The van der Waals surface area contributed by atoms with Crippen LogP contribution in [0.25, 0.3) is 0 Å². The number of ether oxygens (including phenoxy) is 1. The van der Waals surface area contributed by atoms with Gasteiger partial charge in [-0.05, 0) is 66.4 Å². The Balaban J connectivity index is 1.46. The first-order chi connectivity index (χ1) is 15.3. The van der Waals surface area contributed by atoms with Crippen LogP contribution in [0.5, 0.6) is 11.5 Å². The number of aryl methyl sites for hydroxylation is 2. The molecular weight excluding hydrogens is 380 g/mol. The van der Waals surface area contributed by atoms with E-state index in [0.717, 1.165) is 37.6 Å². The van der Waals surface area contributed by atoms with Crippen molar-refractivity contribution in [3.63, 3.8) is 0 Å². The summed E-state index contributed by atoms with van der Waals surface area (Å²) in [5.74, 6) is 1.75. The Hall–Kier alpha value is -3.30. The highest BCUT2D eigenvalue weighted by atomic mass is 16.5. The summed E-state index contributed by atoms with van der Waals surface area (Å²) in [5, 5.41) is 0. The highest BCUT2D eigenvalue weighted by Gasteiger charge is 2.28. The van der Waals surface area contributed by atoms with Crippen molar-refractivity contribution >= 4 is 0 Å². The van der Waals surface area contributed by atoms with Crippen LogP contribution >= 0.6 is 0 Å². The molecule has 0 amide bonds. The van der Waals surface area contributed by atoms with Gasteiger partial charge in [0.2, 0.25) is 0 Å². The fourth-order valence-electron chi connectivity index (χ4n) is 4.63. The van der Waals surface area contributed by atoms with Crippen LogP contribution in [-0.2, 0) is 13.1 Å². The molecule has 3 aromatic carbocycles. The molecule has 2 heterocycles. The third kappa shape index (κ3) is 4.28. The Morgan fingerprint density at radius 3 is 2.48 bits per heavy atom. The van der Waals surface area contributed by atoms with Gasteiger partial charge in [-0.15, -0.1) is 0 Å². The summed E-state index contributed by atoms with van der Waals surface area (Å²) in [4.78, 5) is 2.61. The van der Waals surface area contributed by atoms with Crippen molar-refractivity contribution in [2.45, 2.75) is 32.5 Å². The lowest BCUT2D eigenvalue weighted by Crippen LogP contribution is -2.30. The molecule has 0 saturated carbocycles. The quantitative estimate of drug-likeness (QED) is 0.371. The molecule has 3 heteroatoms. The van der Waals surface area contributed by atoms with Gasteiger partial charge in [0.25, 0.3) is 0 Å². The van der Waals surface area contributed by atoms with Gasteiger partial charge in [0.05, 0.1) is 6.04 Å². The zero-order chi connectivity index (χ0) is 21.0. The molecule has 0 radical (unpaired) electrons. The second-order valence-electron chi connectivity index (χ2n) is 8.27. The number of para-hydroxylation sites is 1. The van der Waals surface area contributed by atoms with E-state index in [1.165, 1.54) is 22.4 Å². The molecule has 5 rings (SSSR count). The Kier molecular flexibility index (Phi) is 5.59. The van der Waals surface area contributed by atoms with E-state index >= 15 is 0 Å². The van der Waals surface area contributed by atoms with Crippen molar-refractivity contribution < 1.29 is 4.74 Å². The van der Waals surface area contributed by atoms with E-state index in [9.17, 15) is 0 Å². The average molecular weight is 409 g/mol. The van der Waals surface area contributed by atoms with Crippen molar-refractivity contribution in [1.29, 1.82) is 0 Å². The molecule has 156 valence electrons. The van der Waals surface area contributed by atoms with Crippen molar-refractivity contribution in [1.82, 2.24) is 9.47 Å². The van der Waals surface area contributed by atoms with Gasteiger partial charge in [0, 0.05) is 31.5 Å². The van der Waals surface area contributed by atoms with Crippen molar-refractivity contribution in [2.24, 2.45) is 0 Å². The maximum atomic E-state index is 6.08. The molecule has 1 aliphatic rings. The zero-order valence-corrected chi connectivity index (χ0v) is 17.9. The van der Waals surface area contributed by atoms with Crippen LogP contribution < -0.4 is 4.74 Å². The Labute approximate surface area is 184 Å². The molecule has 1 atom stereocenters. The van der Waals surface area contributed by atoms with Crippen LogP contribution in [0.15, 0.2) is 97.2 Å². The van der Waals surface area contributed by atoms with Crippen molar-refractivity contribution in [2.75, 3.05) is 6.54 Å². The molecule has 0 bridgehead atoms. The molecule has 0 fully saturated rings. The van der Waals surface area contributed by atoms with Crippen LogP contribution in [0, 0.1) is 6.92 Å². The lowest BCUT2D eigenvalue weighted by molar-refractivity contribution is 0.219. The van der Waals surface area contributed by atoms with Gasteiger partial charge in [0.15, 0.2) is 0 Å². The van der Waals surface area contributed by atoms with E-state index in [1.54, 1.807) is 0 Å². The van der Waals surface area contributed by atoms with Gasteiger partial charge in [-0.3, -0.25) is 4.90 Å². The molecule has 0 N–H and O–H groups in total. The Morgan fingerprint density at radius 2 is 1.61 bits per heavy atom. The number of benzene rings is 3. The zero-order valence-electron chi connectivity index (χ0n) is 17.9. The van der Waals surface area contributed by atoms with E-state index in [-0.39, 0.29) is 6.04 Å². The molecular formula is C28H28N2O. The van der Waals surface area contributed by atoms with Crippen LogP contribution in [0.2, 0.25) is 0 Å². The Morgan fingerprint density at radius 1 is 0.806 bits per heavy atom. The molecule has 1 aromatic heterocycles. The predicted octanol–water partition coefficient (Wildman–Crippen LogP) is 6.58. The highest BCUT2D eigenvalue weighted by Crippen LogP contribution is 2.35. The van der Waals surface area contributed by atoms with Crippen molar-refractivity contribution in [3.05, 3.63) is 120 Å². The topological polar surface area (TPSA) is 17.4 Å². The number of nitrogens with zero attached hydrogens (tertiary/aromatic N) is 2. The maximum Gasteiger partial charge on any atom is 0.127 e. The molecule has 0 saturated heterocycles. The smallest absolute Gasteiger partial charge is 0.127 e. The lowest BCUT2D eigenvalue weighted by atomic mass is 9.96. The van der Waals surface area contributed by atoms with Gasteiger partial charge >= 0.3 is 0 Å². The molecule has 0 aliphatic carbocycles. The van der Waals surface area contributed by atoms with Crippen LogP contribution in [0.1, 0.15) is 34.8 Å². The second kappa shape index (κ2) is 8.83. The third-order valence-corrected chi connectivity index (χ3v) is 6.10. The monoisotopic (exact) mass is 408 g/mol. The number of fused-ring (bicyclic) bond motifs is 1. The van der Waals surface area contributed by atoms with E-state index in [1.807, 2.05) is 36.4 Å². The fraction of sp³-hybridized carbons (Fsp3) is 0.214. The third-order valence-electron chi connectivity index (χ3n) is 6.10. The molecule has 0 spiro atoms. The van der Waals surface area contributed by atoms with Gasteiger partial charge in [-0.25, -0.2) is 0 Å². The van der Waals surface area contributed by atoms with Gasteiger partial charge < -0.3 is 9.30 Å². The standard InChI is InChI=1S/C28H28N2O/c1-22-10-5-6-15-26(22)28-27-16-8-17-29(27)18-9-19-30(28)21-23-11-7-14-25(20-23)31-24-12-3-2-4-13-24/h2-8,10-17,20,28H,9,18-19,21H2,1H3/t28-/m0/s1. The van der Waals surface area contributed by atoms with Crippen molar-refractivity contribution in [3.8, 4) is 11.5 Å². The fourth-order valence-corrected chi connectivity index (χ4v) is 4.63. The molecule has 4 aromatic rings. The van der Waals surface area contributed by atoms with Crippen LogP contribution in [0.3, 0.4) is 0 Å². The van der Waals surface area contributed by atoms with E-state index in [0.29, 0.717) is 0 Å². The van der Waals surface area contributed by atoms with E-state index < -0.39 is 0 Å². The molecule has 0 unspecified atom stereocenters. The summed E-state index contributed by atoms with van der Waals surface area (Å²) in [6, 6.07) is 32.0. The van der Waals surface area contributed by atoms with Crippen LogP contribution in [0.4, 0.5) is 0 Å². The van der Waals surface area contributed by atoms with Gasteiger partial charge in [-0.1, -0.05) is 54.6 Å². The molecule has 3 nitrogen and oxygen atoms in total. The second-order valence-corrected chi connectivity index (χ2v) is 8.27.